The molecule has 7 nitrogen and oxygen atoms in total. The molecule has 3 rings (SSSR count). The number of carbonyl (C=O) groups excluding carboxylic acids is 2. The van der Waals surface area contributed by atoms with Crippen LogP contribution in [0.5, 0.6) is 5.75 Å². The number of hydrogen-bond donors (Lipinski definition) is 2. The minimum absolute atomic E-state index is 0.0880. The van der Waals surface area contributed by atoms with Gasteiger partial charge in [-0.25, -0.2) is 0 Å². The Morgan fingerprint density at radius 2 is 1.65 bits per heavy atom. The van der Waals surface area contributed by atoms with E-state index in [0.717, 1.165) is 0 Å². The Bertz CT molecular complexity index is 889. The molecule has 0 aliphatic carbocycles. The van der Waals surface area contributed by atoms with Crippen molar-refractivity contribution in [3.05, 3.63) is 72.1 Å². The van der Waals surface area contributed by atoms with Gasteiger partial charge in [-0.15, -0.1) is 0 Å². The molecule has 2 aromatic carbocycles. The average molecular weight is 351 g/mol. The van der Waals surface area contributed by atoms with Crippen LogP contribution in [0.25, 0.3) is 0 Å². The van der Waals surface area contributed by atoms with Crippen LogP contribution in [0.4, 0.5) is 11.4 Å². The van der Waals surface area contributed by atoms with Gasteiger partial charge >= 0.3 is 0 Å². The maximum atomic E-state index is 12.1. The van der Waals surface area contributed by atoms with Crippen molar-refractivity contribution in [2.45, 2.75) is 6.92 Å². The highest BCUT2D eigenvalue weighted by Gasteiger charge is 2.13. The number of carbonyl (C=O) groups is 2. The molecule has 0 atom stereocenters. The molecule has 0 aliphatic heterocycles. The monoisotopic (exact) mass is 351 g/mol. The van der Waals surface area contributed by atoms with Gasteiger partial charge in [0, 0.05) is 11.4 Å². The van der Waals surface area contributed by atoms with Crippen LogP contribution in [0, 0.1) is 6.92 Å². The van der Waals surface area contributed by atoms with E-state index >= 15 is 0 Å². The van der Waals surface area contributed by atoms with Gasteiger partial charge in [-0.2, -0.15) is 0 Å². The second-order valence-electron chi connectivity index (χ2n) is 5.48. The Labute approximate surface area is 150 Å². The molecule has 0 radical (unpaired) electrons. The number of benzene rings is 2. The number of nitrogens with zero attached hydrogens (tertiary/aromatic N) is 1. The number of hydrogen-bond acceptors (Lipinski definition) is 5. The zero-order valence-corrected chi connectivity index (χ0v) is 14.1. The minimum Gasteiger partial charge on any atom is -0.484 e. The van der Waals surface area contributed by atoms with E-state index in [0.29, 0.717) is 28.4 Å². The second kappa shape index (κ2) is 7.98. The molecule has 2 N–H and O–H groups in total. The summed E-state index contributed by atoms with van der Waals surface area (Å²) >= 11 is 0. The number of para-hydroxylation sites is 1. The zero-order chi connectivity index (χ0) is 18.4. The first-order chi connectivity index (χ1) is 12.6. The van der Waals surface area contributed by atoms with Crippen LogP contribution in [0.3, 0.4) is 0 Å². The van der Waals surface area contributed by atoms with Crippen LogP contribution in [-0.2, 0) is 4.79 Å². The van der Waals surface area contributed by atoms with Gasteiger partial charge in [0.25, 0.3) is 11.8 Å². The first-order valence-electron chi connectivity index (χ1n) is 7.92. The van der Waals surface area contributed by atoms with Gasteiger partial charge in [-0.3, -0.25) is 9.59 Å². The highest BCUT2D eigenvalue weighted by Crippen LogP contribution is 2.16. The molecular formula is C19H17N3O4. The maximum Gasteiger partial charge on any atom is 0.262 e. The highest BCUT2D eigenvalue weighted by atomic mass is 16.5. The van der Waals surface area contributed by atoms with E-state index in [-0.39, 0.29) is 18.4 Å². The third-order valence-electron chi connectivity index (χ3n) is 3.54. The summed E-state index contributed by atoms with van der Waals surface area (Å²) in [6.45, 7) is 1.58. The molecular weight excluding hydrogens is 334 g/mol. The fraction of sp³-hybridized carbons (Fsp3) is 0.105. The topological polar surface area (TPSA) is 93.5 Å². The molecule has 132 valence electrons. The minimum atomic E-state index is -0.309. The lowest BCUT2D eigenvalue weighted by atomic mass is 10.2. The van der Waals surface area contributed by atoms with Crippen molar-refractivity contribution in [2.24, 2.45) is 0 Å². The number of aryl methyl sites for hydroxylation is 1. The summed E-state index contributed by atoms with van der Waals surface area (Å²) in [6, 6.07) is 15.9. The fourth-order valence-corrected chi connectivity index (χ4v) is 2.21. The lowest BCUT2D eigenvalue weighted by molar-refractivity contribution is -0.118. The van der Waals surface area contributed by atoms with Crippen LogP contribution >= 0.6 is 0 Å². The summed E-state index contributed by atoms with van der Waals surface area (Å²) in [5.41, 5.74) is 1.57. The van der Waals surface area contributed by atoms with Crippen LogP contribution in [0.1, 0.15) is 16.1 Å². The maximum absolute atomic E-state index is 12.1. The van der Waals surface area contributed by atoms with Crippen LogP contribution in [0.15, 0.2) is 65.3 Å². The SMILES string of the molecule is Cc1oncc1C(=O)Nc1ccc(NC(=O)COc2ccccc2)cc1. The van der Waals surface area contributed by atoms with E-state index in [2.05, 4.69) is 15.8 Å². The van der Waals surface area contributed by atoms with E-state index in [1.807, 2.05) is 18.2 Å². The van der Waals surface area contributed by atoms with Crippen molar-refractivity contribution in [3.63, 3.8) is 0 Å². The van der Waals surface area contributed by atoms with Gasteiger partial charge in [0.1, 0.15) is 17.1 Å². The molecule has 0 bridgehead atoms. The van der Waals surface area contributed by atoms with Gasteiger partial charge < -0.3 is 19.9 Å². The van der Waals surface area contributed by atoms with E-state index in [1.165, 1.54) is 6.20 Å². The first-order valence-corrected chi connectivity index (χ1v) is 7.92. The fourth-order valence-electron chi connectivity index (χ4n) is 2.21. The number of rotatable bonds is 6. The quantitative estimate of drug-likeness (QED) is 0.711. The molecule has 7 heteroatoms. The molecule has 1 heterocycles. The largest absolute Gasteiger partial charge is 0.484 e. The van der Waals surface area contributed by atoms with Gasteiger partial charge in [-0.05, 0) is 43.3 Å². The van der Waals surface area contributed by atoms with Crippen molar-refractivity contribution in [1.29, 1.82) is 0 Å². The molecule has 3 aromatic rings. The van der Waals surface area contributed by atoms with Crippen molar-refractivity contribution in [2.75, 3.05) is 17.2 Å². The number of anilines is 2. The lowest BCUT2D eigenvalue weighted by Crippen LogP contribution is -2.20. The lowest BCUT2D eigenvalue weighted by Gasteiger charge is -2.09. The molecule has 1 aromatic heterocycles. The second-order valence-corrected chi connectivity index (χ2v) is 5.48. The smallest absolute Gasteiger partial charge is 0.262 e. The molecule has 0 aliphatic rings. The number of nitrogens with one attached hydrogen (secondary N) is 2. The molecule has 26 heavy (non-hydrogen) atoms. The van der Waals surface area contributed by atoms with Gasteiger partial charge in [-0.1, -0.05) is 23.4 Å². The van der Waals surface area contributed by atoms with Crippen molar-refractivity contribution in [3.8, 4) is 5.75 Å². The molecule has 0 saturated carbocycles. The summed E-state index contributed by atoms with van der Waals surface area (Å²) in [6.07, 6.45) is 1.37. The molecule has 2 amide bonds. The Hall–Kier alpha value is -3.61. The predicted octanol–water partition coefficient (Wildman–Crippen LogP) is 3.25. The molecule has 0 unspecified atom stereocenters. The molecule has 0 saturated heterocycles. The van der Waals surface area contributed by atoms with Crippen molar-refractivity contribution in [1.82, 2.24) is 5.16 Å². The number of ether oxygens (including phenoxy) is 1. The summed E-state index contributed by atoms with van der Waals surface area (Å²) in [7, 11) is 0. The average Bonchev–Trinajstić information content (AvgIpc) is 3.09. The van der Waals surface area contributed by atoms with E-state index < -0.39 is 0 Å². The van der Waals surface area contributed by atoms with Crippen LogP contribution < -0.4 is 15.4 Å². The Kier molecular flexibility index (Phi) is 5.28. The third-order valence-corrected chi connectivity index (χ3v) is 3.54. The van der Waals surface area contributed by atoms with Gasteiger partial charge in [0.05, 0.1) is 6.20 Å². The van der Waals surface area contributed by atoms with E-state index in [4.69, 9.17) is 9.26 Å². The molecule has 0 fully saturated rings. The van der Waals surface area contributed by atoms with Crippen LogP contribution in [0.2, 0.25) is 0 Å². The van der Waals surface area contributed by atoms with Crippen molar-refractivity contribution >= 4 is 23.2 Å². The highest BCUT2D eigenvalue weighted by molar-refractivity contribution is 6.04. The van der Waals surface area contributed by atoms with E-state index in [1.54, 1.807) is 43.3 Å². The summed E-state index contributed by atoms with van der Waals surface area (Å²) in [4.78, 5) is 24.0. The zero-order valence-electron chi connectivity index (χ0n) is 14.1. The number of aromatic nitrogens is 1. The van der Waals surface area contributed by atoms with Gasteiger partial charge in [0.2, 0.25) is 0 Å². The Morgan fingerprint density at radius 1 is 1.00 bits per heavy atom. The van der Waals surface area contributed by atoms with Gasteiger partial charge in [0.15, 0.2) is 6.61 Å². The number of amides is 2. The van der Waals surface area contributed by atoms with Crippen molar-refractivity contribution < 1.29 is 18.8 Å². The standard InChI is InChI=1S/C19H17N3O4/c1-13-17(11-20-26-13)19(24)22-15-9-7-14(8-10-15)21-18(23)12-25-16-5-3-2-4-6-16/h2-11H,12H2,1H3,(H,21,23)(H,22,24). The summed E-state index contributed by atoms with van der Waals surface area (Å²) in [5.74, 6) is 0.497. The predicted molar refractivity (Wildman–Crippen MR) is 96.2 cm³/mol. The summed E-state index contributed by atoms with van der Waals surface area (Å²) < 4.78 is 10.3. The normalized spacial score (nSPS) is 10.2. The Balaban J connectivity index is 1.52. The third kappa shape index (κ3) is 4.47. The summed E-state index contributed by atoms with van der Waals surface area (Å²) in [5, 5.41) is 9.04. The molecule has 0 spiro atoms. The first kappa shape index (κ1) is 17.2. The Morgan fingerprint density at radius 3 is 2.27 bits per heavy atom. The van der Waals surface area contributed by atoms with Crippen LogP contribution in [-0.4, -0.2) is 23.6 Å². The van der Waals surface area contributed by atoms with E-state index in [9.17, 15) is 9.59 Å².